The summed E-state index contributed by atoms with van der Waals surface area (Å²) in [4.78, 5) is 2.43. The molecule has 1 aromatic rings. The summed E-state index contributed by atoms with van der Waals surface area (Å²) in [5, 5.41) is 4.52. The van der Waals surface area contributed by atoms with Crippen LogP contribution in [-0.4, -0.2) is 25.7 Å². The largest absolute Gasteiger partial charge is 0.370 e. The molecule has 0 aromatic heterocycles. The van der Waals surface area contributed by atoms with Crippen molar-refractivity contribution in [2.24, 2.45) is 5.92 Å². The zero-order valence-electron chi connectivity index (χ0n) is 10.3. The lowest BCUT2D eigenvalue weighted by Crippen LogP contribution is -2.27. The highest BCUT2D eigenvalue weighted by Crippen LogP contribution is 2.32. The number of nitrogens with zero attached hydrogens (tertiary/aromatic N) is 1. The van der Waals surface area contributed by atoms with E-state index in [1.165, 1.54) is 35.1 Å². The Bertz CT molecular complexity index is 434. The fourth-order valence-electron chi connectivity index (χ4n) is 2.57. The molecule has 1 N–H and O–H groups in total. The van der Waals surface area contributed by atoms with Gasteiger partial charge in [0.05, 0.1) is 10.7 Å². The Hall–Kier alpha value is -0.0000000000000000763. The van der Waals surface area contributed by atoms with Gasteiger partial charge in [-0.1, -0.05) is 11.6 Å². The van der Waals surface area contributed by atoms with E-state index in [-0.39, 0.29) is 0 Å². The average molecular weight is 377 g/mol. The molecule has 2 nitrogen and oxygen atoms in total. The van der Waals surface area contributed by atoms with E-state index in [4.69, 9.17) is 11.6 Å². The summed E-state index contributed by atoms with van der Waals surface area (Å²) in [7, 11) is 0. The first-order chi connectivity index (χ1) is 8.72. The molecule has 4 heteroatoms. The number of benzene rings is 1. The van der Waals surface area contributed by atoms with Crippen LogP contribution in [0.4, 0.5) is 5.69 Å². The lowest BCUT2D eigenvalue weighted by Gasteiger charge is -2.20. The van der Waals surface area contributed by atoms with Crippen molar-refractivity contribution in [3.63, 3.8) is 0 Å². The van der Waals surface area contributed by atoms with Gasteiger partial charge in [-0.25, -0.2) is 0 Å². The topological polar surface area (TPSA) is 15.3 Å². The molecule has 0 amide bonds. The first-order valence-electron chi connectivity index (χ1n) is 6.66. The second-order valence-corrected chi connectivity index (χ2v) is 7.03. The minimum atomic E-state index is 0.777. The van der Waals surface area contributed by atoms with Gasteiger partial charge in [0.15, 0.2) is 0 Å². The molecule has 18 heavy (non-hydrogen) atoms. The van der Waals surface area contributed by atoms with E-state index in [0.29, 0.717) is 0 Å². The van der Waals surface area contributed by atoms with Crippen LogP contribution in [0.25, 0.3) is 0 Å². The van der Waals surface area contributed by atoms with E-state index >= 15 is 0 Å². The number of anilines is 1. The number of hydrogen-bond donors (Lipinski definition) is 1. The van der Waals surface area contributed by atoms with Crippen molar-refractivity contribution in [1.82, 2.24) is 5.32 Å². The Kier molecular flexibility index (Phi) is 4.01. The summed E-state index contributed by atoms with van der Waals surface area (Å²) in [5.41, 5.74) is 1.21. The lowest BCUT2D eigenvalue weighted by molar-refractivity contribution is 0.515. The van der Waals surface area contributed by atoms with Crippen LogP contribution in [0.15, 0.2) is 18.2 Å². The van der Waals surface area contributed by atoms with Crippen LogP contribution >= 0.6 is 34.2 Å². The van der Waals surface area contributed by atoms with Gasteiger partial charge >= 0.3 is 0 Å². The summed E-state index contributed by atoms with van der Waals surface area (Å²) >= 11 is 8.65. The first kappa shape index (κ1) is 13.0. The maximum absolute atomic E-state index is 6.30. The minimum absolute atomic E-state index is 0.777. The fraction of sp³-hybridized carbons (Fsp3) is 0.571. The molecular formula is C14H18ClIN2. The van der Waals surface area contributed by atoms with E-state index in [9.17, 15) is 0 Å². The van der Waals surface area contributed by atoms with Crippen molar-refractivity contribution >= 4 is 39.9 Å². The molecule has 1 saturated carbocycles. The molecule has 1 aliphatic carbocycles. The van der Waals surface area contributed by atoms with Crippen molar-refractivity contribution < 1.29 is 0 Å². The first-order valence-corrected chi connectivity index (χ1v) is 8.11. The number of rotatable bonds is 4. The third-order valence-electron chi connectivity index (χ3n) is 3.81. The van der Waals surface area contributed by atoms with Gasteiger partial charge in [0, 0.05) is 22.7 Å². The summed E-state index contributed by atoms with van der Waals surface area (Å²) in [6.07, 6.45) is 4.03. The SMILES string of the molecule is Clc1ccc(I)cc1N1CCC(CNC2CC2)C1. The van der Waals surface area contributed by atoms with Crippen molar-refractivity contribution in [1.29, 1.82) is 0 Å². The highest BCUT2D eigenvalue weighted by Gasteiger charge is 2.27. The highest BCUT2D eigenvalue weighted by molar-refractivity contribution is 14.1. The quantitative estimate of drug-likeness (QED) is 0.809. The molecule has 1 aliphatic heterocycles. The molecule has 1 atom stereocenters. The van der Waals surface area contributed by atoms with E-state index < -0.39 is 0 Å². The predicted octanol–water partition coefficient (Wildman–Crippen LogP) is 3.52. The Labute approximate surface area is 127 Å². The molecule has 98 valence electrons. The normalized spacial score (nSPS) is 23.7. The molecule has 0 spiro atoms. The molecule has 1 unspecified atom stereocenters. The molecule has 2 aliphatic rings. The lowest BCUT2D eigenvalue weighted by atomic mass is 10.1. The standard InChI is InChI=1S/C14H18ClIN2/c15-13-4-1-11(16)7-14(13)18-6-5-10(9-18)8-17-12-2-3-12/h1,4,7,10,12,17H,2-3,5-6,8-9H2. The third kappa shape index (κ3) is 3.11. The maximum atomic E-state index is 6.30. The molecule has 2 fully saturated rings. The molecule has 1 heterocycles. The number of halogens is 2. The average Bonchev–Trinajstić information content (AvgIpc) is 3.08. The summed E-state index contributed by atoms with van der Waals surface area (Å²) in [5.74, 6) is 0.777. The van der Waals surface area contributed by atoms with Gasteiger partial charge < -0.3 is 10.2 Å². The molecule has 1 aromatic carbocycles. The minimum Gasteiger partial charge on any atom is -0.370 e. The maximum Gasteiger partial charge on any atom is 0.0640 e. The fourth-order valence-corrected chi connectivity index (χ4v) is 3.28. The number of hydrogen-bond acceptors (Lipinski definition) is 2. The summed E-state index contributed by atoms with van der Waals surface area (Å²) < 4.78 is 1.26. The van der Waals surface area contributed by atoms with Gasteiger partial charge in [-0.15, -0.1) is 0 Å². The van der Waals surface area contributed by atoms with Crippen molar-refractivity contribution in [2.45, 2.75) is 25.3 Å². The molecule has 0 bridgehead atoms. The van der Waals surface area contributed by atoms with Gasteiger partial charge in [0.25, 0.3) is 0 Å². The molecule has 3 rings (SSSR count). The van der Waals surface area contributed by atoms with Gasteiger partial charge in [0.2, 0.25) is 0 Å². The van der Waals surface area contributed by atoms with Crippen LogP contribution in [-0.2, 0) is 0 Å². The Morgan fingerprint density at radius 1 is 1.33 bits per heavy atom. The van der Waals surface area contributed by atoms with Crippen LogP contribution in [0.5, 0.6) is 0 Å². The van der Waals surface area contributed by atoms with Crippen LogP contribution in [0, 0.1) is 9.49 Å². The van der Waals surface area contributed by atoms with Crippen LogP contribution < -0.4 is 10.2 Å². The van der Waals surface area contributed by atoms with E-state index in [0.717, 1.165) is 30.1 Å². The number of nitrogens with one attached hydrogen (secondary N) is 1. The third-order valence-corrected chi connectivity index (χ3v) is 4.80. The monoisotopic (exact) mass is 376 g/mol. The van der Waals surface area contributed by atoms with Crippen LogP contribution in [0.3, 0.4) is 0 Å². The van der Waals surface area contributed by atoms with Crippen molar-refractivity contribution in [3.05, 3.63) is 26.8 Å². The summed E-state index contributed by atoms with van der Waals surface area (Å²) in [6.45, 7) is 3.44. The van der Waals surface area contributed by atoms with Gasteiger partial charge in [-0.3, -0.25) is 0 Å². The summed E-state index contributed by atoms with van der Waals surface area (Å²) in [6, 6.07) is 7.09. The van der Waals surface area contributed by atoms with E-state index in [1.807, 2.05) is 6.07 Å². The highest BCUT2D eigenvalue weighted by atomic mass is 127. The zero-order valence-corrected chi connectivity index (χ0v) is 13.2. The second-order valence-electron chi connectivity index (χ2n) is 5.38. The van der Waals surface area contributed by atoms with Crippen LogP contribution in [0.1, 0.15) is 19.3 Å². The zero-order chi connectivity index (χ0) is 12.5. The second kappa shape index (κ2) is 5.55. The van der Waals surface area contributed by atoms with Gasteiger partial charge in [-0.05, 0) is 72.5 Å². The Morgan fingerprint density at radius 2 is 2.17 bits per heavy atom. The Morgan fingerprint density at radius 3 is 2.94 bits per heavy atom. The van der Waals surface area contributed by atoms with E-state index in [2.05, 4.69) is 44.9 Å². The molecule has 1 saturated heterocycles. The molecule has 0 radical (unpaired) electrons. The van der Waals surface area contributed by atoms with Gasteiger partial charge in [0.1, 0.15) is 0 Å². The van der Waals surface area contributed by atoms with E-state index in [1.54, 1.807) is 0 Å². The predicted molar refractivity (Wildman–Crippen MR) is 85.5 cm³/mol. The molecular weight excluding hydrogens is 359 g/mol. The Balaban J connectivity index is 1.61. The van der Waals surface area contributed by atoms with Crippen molar-refractivity contribution in [2.75, 3.05) is 24.5 Å². The van der Waals surface area contributed by atoms with Crippen LogP contribution in [0.2, 0.25) is 5.02 Å². The smallest absolute Gasteiger partial charge is 0.0640 e. The van der Waals surface area contributed by atoms with Gasteiger partial charge in [-0.2, -0.15) is 0 Å². The van der Waals surface area contributed by atoms with Crippen molar-refractivity contribution in [3.8, 4) is 0 Å².